The summed E-state index contributed by atoms with van der Waals surface area (Å²) in [7, 11) is 0. The Bertz CT molecular complexity index is 306. The molecule has 0 aromatic rings. The first-order chi connectivity index (χ1) is 7.57. The first kappa shape index (κ1) is 12.9. The van der Waals surface area contributed by atoms with Crippen LogP contribution < -0.4 is 0 Å². The number of esters is 1. The maximum atomic E-state index is 12.0. The molecule has 16 heavy (non-hydrogen) atoms. The van der Waals surface area contributed by atoms with E-state index in [4.69, 9.17) is 4.74 Å². The molecule has 0 saturated heterocycles. The van der Waals surface area contributed by atoms with Gasteiger partial charge in [0, 0.05) is 6.42 Å². The molecule has 0 bridgehead atoms. The molecule has 1 rings (SSSR count). The zero-order chi connectivity index (χ0) is 12.2. The van der Waals surface area contributed by atoms with Crippen molar-refractivity contribution in [2.45, 2.75) is 40.0 Å². The van der Waals surface area contributed by atoms with Crippen molar-refractivity contribution < 1.29 is 14.3 Å². The third kappa shape index (κ3) is 2.18. The molecule has 0 radical (unpaired) electrons. The van der Waals surface area contributed by atoms with Crippen LogP contribution in [0.4, 0.5) is 0 Å². The minimum atomic E-state index is -0.971. The van der Waals surface area contributed by atoms with Crippen molar-refractivity contribution >= 4 is 11.8 Å². The number of allylic oxidation sites excluding steroid dienone is 2. The number of carbonyl (C=O) groups is 2. The van der Waals surface area contributed by atoms with Crippen molar-refractivity contribution in [1.29, 1.82) is 0 Å². The molecule has 0 aliphatic heterocycles. The van der Waals surface area contributed by atoms with Gasteiger partial charge in [-0.25, -0.2) is 0 Å². The Morgan fingerprint density at radius 1 is 1.62 bits per heavy atom. The van der Waals surface area contributed by atoms with Crippen LogP contribution in [0.5, 0.6) is 0 Å². The van der Waals surface area contributed by atoms with Crippen LogP contribution in [-0.2, 0) is 14.3 Å². The summed E-state index contributed by atoms with van der Waals surface area (Å²) in [4.78, 5) is 23.9. The molecule has 1 saturated carbocycles. The molecule has 90 valence electrons. The molecule has 2 atom stereocenters. The number of rotatable bonds is 3. The van der Waals surface area contributed by atoms with Crippen LogP contribution in [0.1, 0.15) is 40.0 Å². The van der Waals surface area contributed by atoms with Crippen LogP contribution in [0.3, 0.4) is 0 Å². The summed E-state index contributed by atoms with van der Waals surface area (Å²) in [5.41, 5.74) is -0.971. The number of hydrogen-bond donors (Lipinski definition) is 0. The molecular formula is C13H20O3. The highest BCUT2D eigenvalue weighted by Crippen LogP contribution is 2.40. The predicted octanol–water partition coefficient (Wildman–Crippen LogP) is 2.50. The fraction of sp³-hybridized carbons (Fsp3) is 0.692. The van der Waals surface area contributed by atoms with Gasteiger partial charge in [-0.2, -0.15) is 0 Å². The zero-order valence-electron chi connectivity index (χ0n) is 10.3. The van der Waals surface area contributed by atoms with Gasteiger partial charge in [-0.3, -0.25) is 9.59 Å². The Balaban J connectivity index is 2.99. The maximum absolute atomic E-state index is 12.0. The third-order valence-electron chi connectivity index (χ3n) is 3.36. The lowest BCUT2D eigenvalue weighted by Gasteiger charge is -2.36. The second kappa shape index (κ2) is 5.28. The largest absolute Gasteiger partial charge is 0.465 e. The van der Waals surface area contributed by atoms with E-state index in [2.05, 4.69) is 0 Å². The van der Waals surface area contributed by atoms with E-state index < -0.39 is 5.41 Å². The normalized spacial score (nSPS) is 30.7. The lowest BCUT2D eigenvalue weighted by Crippen LogP contribution is -2.46. The summed E-state index contributed by atoms with van der Waals surface area (Å²) in [6.07, 6.45) is 6.09. The van der Waals surface area contributed by atoms with Gasteiger partial charge < -0.3 is 4.74 Å². The summed E-state index contributed by atoms with van der Waals surface area (Å²) in [5.74, 6) is -0.374. The van der Waals surface area contributed by atoms with Gasteiger partial charge in [-0.05, 0) is 39.5 Å². The number of hydrogen-bond acceptors (Lipinski definition) is 3. The van der Waals surface area contributed by atoms with E-state index in [9.17, 15) is 9.59 Å². The Kier molecular flexibility index (Phi) is 4.27. The molecule has 0 spiro atoms. The van der Waals surface area contributed by atoms with Crippen LogP contribution in [-0.4, -0.2) is 18.4 Å². The second-order valence-corrected chi connectivity index (χ2v) is 4.37. The summed E-state index contributed by atoms with van der Waals surface area (Å²) in [6.45, 7) is 5.71. The van der Waals surface area contributed by atoms with Crippen molar-refractivity contribution in [3.63, 3.8) is 0 Å². The molecule has 0 amide bonds. The summed E-state index contributed by atoms with van der Waals surface area (Å²) in [5, 5.41) is 0. The fourth-order valence-corrected chi connectivity index (χ4v) is 2.30. The lowest BCUT2D eigenvalue weighted by molar-refractivity contribution is -0.163. The Labute approximate surface area is 96.9 Å². The second-order valence-electron chi connectivity index (χ2n) is 4.37. The molecule has 0 unspecified atom stereocenters. The van der Waals surface area contributed by atoms with Crippen LogP contribution in [0.25, 0.3) is 0 Å². The lowest BCUT2D eigenvalue weighted by atomic mass is 9.66. The zero-order valence-corrected chi connectivity index (χ0v) is 10.3. The Morgan fingerprint density at radius 2 is 2.31 bits per heavy atom. The van der Waals surface area contributed by atoms with E-state index in [0.717, 1.165) is 12.8 Å². The standard InChI is InChI=1S/C13H20O3/c1-4-7-10-8-6-9-11(14)13(10,3)12(15)16-5-2/h4,7,10H,5-6,8-9H2,1-3H3/b7-4+/t10-,13+/m0/s1. The van der Waals surface area contributed by atoms with Crippen LogP contribution >= 0.6 is 0 Å². The molecule has 3 nitrogen and oxygen atoms in total. The van der Waals surface area contributed by atoms with E-state index in [1.165, 1.54) is 0 Å². The van der Waals surface area contributed by atoms with E-state index >= 15 is 0 Å². The molecular weight excluding hydrogens is 204 g/mol. The Morgan fingerprint density at radius 3 is 2.88 bits per heavy atom. The molecule has 1 aliphatic rings. The van der Waals surface area contributed by atoms with E-state index in [1.807, 2.05) is 19.1 Å². The minimum absolute atomic E-state index is 0.0142. The Hall–Kier alpha value is -1.12. The smallest absolute Gasteiger partial charge is 0.319 e. The average Bonchev–Trinajstić information content (AvgIpc) is 2.25. The molecule has 1 fully saturated rings. The molecule has 0 N–H and O–H groups in total. The monoisotopic (exact) mass is 224 g/mol. The van der Waals surface area contributed by atoms with Crippen molar-refractivity contribution in [3.05, 3.63) is 12.2 Å². The van der Waals surface area contributed by atoms with Crippen LogP contribution in [0, 0.1) is 11.3 Å². The first-order valence-corrected chi connectivity index (χ1v) is 5.90. The third-order valence-corrected chi connectivity index (χ3v) is 3.36. The van der Waals surface area contributed by atoms with Crippen molar-refractivity contribution in [1.82, 2.24) is 0 Å². The SMILES string of the molecule is C/C=C/[C@H]1CCCC(=O)[C@]1(C)C(=O)OCC. The van der Waals surface area contributed by atoms with Gasteiger partial charge in [0.05, 0.1) is 6.61 Å². The highest BCUT2D eigenvalue weighted by Gasteiger charge is 2.49. The van der Waals surface area contributed by atoms with E-state index in [0.29, 0.717) is 13.0 Å². The van der Waals surface area contributed by atoms with E-state index in [-0.39, 0.29) is 17.7 Å². The highest BCUT2D eigenvalue weighted by atomic mass is 16.5. The number of ether oxygens (including phenoxy) is 1. The molecule has 0 aromatic heterocycles. The highest BCUT2D eigenvalue weighted by molar-refractivity contribution is 6.04. The fourth-order valence-electron chi connectivity index (χ4n) is 2.30. The van der Waals surface area contributed by atoms with Gasteiger partial charge in [0.1, 0.15) is 5.41 Å². The number of carbonyl (C=O) groups excluding carboxylic acids is 2. The number of ketones is 1. The van der Waals surface area contributed by atoms with Crippen molar-refractivity contribution in [2.24, 2.45) is 11.3 Å². The van der Waals surface area contributed by atoms with Gasteiger partial charge in [0.15, 0.2) is 5.78 Å². The average molecular weight is 224 g/mol. The molecule has 3 heteroatoms. The quantitative estimate of drug-likeness (QED) is 0.420. The predicted molar refractivity (Wildman–Crippen MR) is 61.9 cm³/mol. The van der Waals surface area contributed by atoms with Crippen molar-refractivity contribution in [2.75, 3.05) is 6.61 Å². The topological polar surface area (TPSA) is 43.4 Å². The van der Waals surface area contributed by atoms with Gasteiger partial charge in [-0.1, -0.05) is 12.2 Å². The first-order valence-electron chi connectivity index (χ1n) is 5.90. The van der Waals surface area contributed by atoms with E-state index in [1.54, 1.807) is 13.8 Å². The van der Waals surface area contributed by atoms with Gasteiger partial charge >= 0.3 is 5.97 Å². The molecule has 0 aromatic carbocycles. The maximum Gasteiger partial charge on any atom is 0.319 e. The van der Waals surface area contributed by atoms with Crippen LogP contribution in [0.15, 0.2) is 12.2 Å². The molecule has 1 aliphatic carbocycles. The summed E-state index contributed by atoms with van der Waals surface area (Å²) < 4.78 is 5.04. The van der Waals surface area contributed by atoms with Crippen molar-refractivity contribution in [3.8, 4) is 0 Å². The minimum Gasteiger partial charge on any atom is -0.465 e. The van der Waals surface area contributed by atoms with Gasteiger partial charge in [0.2, 0.25) is 0 Å². The van der Waals surface area contributed by atoms with Crippen LogP contribution in [0.2, 0.25) is 0 Å². The number of Topliss-reactive ketones (excluding diaryl/α,β-unsaturated/α-hetero) is 1. The summed E-state index contributed by atoms with van der Waals surface area (Å²) >= 11 is 0. The van der Waals surface area contributed by atoms with Gasteiger partial charge in [-0.15, -0.1) is 0 Å². The summed E-state index contributed by atoms with van der Waals surface area (Å²) in [6, 6.07) is 0. The van der Waals surface area contributed by atoms with Gasteiger partial charge in [0.25, 0.3) is 0 Å². The molecule has 0 heterocycles.